The van der Waals surface area contributed by atoms with Crippen LogP contribution in [0.4, 0.5) is 5.69 Å². The van der Waals surface area contributed by atoms with Gasteiger partial charge in [-0.2, -0.15) is 0 Å². The number of likely N-dealkylation sites (N-methyl/N-ethyl adjacent to an activating group) is 1. The molecule has 0 N–H and O–H groups in total. The summed E-state index contributed by atoms with van der Waals surface area (Å²) in [5.74, 6) is 0.700. The molecule has 1 atom stereocenters. The van der Waals surface area contributed by atoms with Crippen molar-refractivity contribution in [2.24, 2.45) is 0 Å². The van der Waals surface area contributed by atoms with Gasteiger partial charge in [-0.25, -0.2) is 0 Å². The van der Waals surface area contributed by atoms with Gasteiger partial charge in [0, 0.05) is 25.2 Å². The fourth-order valence-corrected chi connectivity index (χ4v) is 1.83. The molecular weight excluding hydrogens is 232 g/mol. The van der Waals surface area contributed by atoms with Crippen molar-refractivity contribution in [2.75, 3.05) is 20.1 Å². The van der Waals surface area contributed by atoms with E-state index in [0.717, 1.165) is 19.5 Å². The maximum absolute atomic E-state index is 10.5. The second-order valence-corrected chi connectivity index (χ2v) is 4.04. The average molecular weight is 252 g/mol. The molecule has 0 bridgehead atoms. The summed E-state index contributed by atoms with van der Waals surface area (Å²) in [5.41, 5.74) is 0.0934. The summed E-state index contributed by atoms with van der Waals surface area (Å²) in [6.45, 7) is 5.95. The molecular formula is C13H20N2O3. The van der Waals surface area contributed by atoms with Gasteiger partial charge >= 0.3 is 0 Å². The van der Waals surface area contributed by atoms with Gasteiger partial charge in [-0.15, -0.1) is 0 Å². The smallest absolute Gasteiger partial charge is 0.269 e. The normalized spacial score (nSPS) is 18.9. The van der Waals surface area contributed by atoms with E-state index >= 15 is 0 Å². The van der Waals surface area contributed by atoms with Crippen molar-refractivity contribution in [3.05, 3.63) is 34.4 Å². The van der Waals surface area contributed by atoms with E-state index in [9.17, 15) is 10.1 Å². The van der Waals surface area contributed by atoms with E-state index in [1.54, 1.807) is 12.1 Å². The van der Waals surface area contributed by atoms with Crippen LogP contribution in [0, 0.1) is 10.1 Å². The van der Waals surface area contributed by atoms with Crippen molar-refractivity contribution in [2.45, 2.75) is 26.4 Å². The van der Waals surface area contributed by atoms with Gasteiger partial charge in [-0.05, 0) is 25.6 Å². The molecule has 0 saturated carbocycles. The number of nitro groups is 1. The van der Waals surface area contributed by atoms with Crippen molar-refractivity contribution in [3.8, 4) is 5.75 Å². The van der Waals surface area contributed by atoms with Crippen molar-refractivity contribution in [3.63, 3.8) is 0 Å². The van der Waals surface area contributed by atoms with Gasteiger partial charge in [0.2, 0.25) is 0 Å². The molecule has 1 aliphatic rings. The predicted molar refractivity (Wildman–Crippen MR) is 71.0 cm³/mol. The fourth-order valence-electron chi connectivity index (χ4n) is 1.83. The van der Waals surface area contributed by atoms with Gasteiger partial charge < -0.3 is 9.64 Å². The van der Waals surface area contributed by atoms with E-state index < -0.39 is 4.92 Å². The Morgan fingerprint density at radius 3 is 2.39 bits per heavy atom. The second kappa shape index (κ2) is 6.96. The molecule has 1 unspecified atom stereocenters. The summed E-state index contributed by atoms with van der Waals surface area (Å²) in [6, 6.07) is 6.23. The molecule has 1 fully saturated rings. The number of nitro benzene ring substituents is 1. The molecule has 1 heterocycles. The lowest BCUT2D eigenvalue weighted by atomic mass is 10.3. The largest absolute Gasteiger partial charge is 0.489 e. The van der Waals surface area contributed by atoms with Crippen LogP contribution < -0.4 is 4.74 Å². The summed E-state index contributed by atoms with van der Waals surface area (Å²) >= 11 is 0. The zero-order valence-electron chi connectivity index (χ0n) is 11.1. The van der Waals surface area contributed by atoms with E-state index in [2.05, 4.69) is 11.9 Å². The Hall–Kier alpha value is -1.62. The number of nitrogens with zero attached hydrogens (tertiary/aromatic N) is 2. The van der Waals surface area contributed by atoms with Gasteiger partial charge in [0.1, 0.15) is 11.9 Å². The van der Waals surface area contributed by atoms with Gasteiger partial charge in [0.05, 0.1) is 4.92 Å². The molecule has 5 nitrogen and oxygen atoms in total. The van der Waals surface area contributed by atoms with Crippen LogP contribution in [0.5, 0.6) is 5.75 Å². The predicted octanol–water partition coefficient (Wildman–Crippen LogP) is 2.70. The molecule has 1 aromatic rings. The molecule has 100 valence electrons. The molecule has 1 aromatic carbocycles. The molecule has 1 aliphatic heterocycles. The van der Waals surface area contributed by atoms with Crippen LogP contribution in [0.15, 0.2) is 24.3 Å². The number of rotatable bonds is 3. The molecule has 0 radical (unpaired) electrons. The Morgan fingerprint density at radius 1 is 1.33 bits per heavy atom. The van der Waals surface area contributed by atoms with Crippen LogP contribution in [0.1, 0.15) is 20.3 Å². The number of ether oxygens (including phenoxy) is 1. The molecule has 2 rings (SSSR count). The zero-order chi connectivity index (χ0) is 13.5. The Labute approximate surface area is 108 Å². The molecule has 5 heteroatoms. The molecule has 0 aromatic heterocycles. The van der Waals surface area contributed by atoms with E-state index in [4.69, 9.17) is 4.74 Å². The van der Waals surface area contributed by atoms with Crippen molar-refractivity contribution >= 4 is 5.69 Å². The Balaban J connectivity index is 0.000000771. The van der Waals surface area contributed by atoms with Crippen LogP contribution in [-0.2, 0) is 0 Å². The number of hydrogen-bond acceptors (Lipinski definition) is 4. The number of hydrogen-bond donors (Lipinski definition) is 0. The number of benzene rings is 1. The Kier molecular flexibility index (Phi) is 5.58. The topological polar surface area (TPSA) is 55.6 Å². The first-order valence-corrected chi connectivity index (χ1v) is 6.25. The third-order valence-corrected chi connectivity index (χ3v) is 2.70. The third kappa shape index (κ3) is 4.00. The maximum Gasteiger partial charge on any atom is 0.269 e. The van der Waals surface area contributed by atoms with Crippen molar-refractivity contribution in [1.82, 2.24) is 4.90 Å². The minimum Gasteiger partial charge on any atom is -0.489 e. The lowest BCUT2D eigenvalue weighted by Crippen LogP contribution is -2.21. The summed E-state index contributed by atoms with van der Waals surface area (Å²) in [5, 5.41) is 10.5. The van der Waals surface area contributed by atoms with Gasteiger partial charge in [-0.3, -0.25) is 10.1 Å². The highest BCUT2D eigenvalue weighted by atomic mass is 16.6. The SMILES string of the molecule is CC.CN1CCC(Oc2ccc([N+](=O)[O-])cc2)C1. The standard InChI is InChI=1S/C11H14N2O3.C2H6/c1-12-7-6-11(8-12)16-10-4-2-9(3-5-10)13(14)15;1-2/h2-5,11H,6-8H2,1H3;1-2H3. The highest BCUT2D eigenvalue weighted by Crippen LogP contribution is 2.20. The summed E-state index contributed by atoms with van der Waals surface area (Å²) < 4.78 is 5.72. The molecule has 0 aliphatic carbocycles. The minimum absolute atomic E-state index is 0.0934. The highest BCUT2D eigenvalue weighted by Gasteiger charge is 2.20. The maximum atomic E-state index is 10.5. The lowest BCUT2D eigenvalue weighted by Gasteiger charge is -2.13. The molecule has 1 saturated heterocycles. The Morgan fingerprint density at radius 2 is 1.94 bits per heavy atom. The third-order valence-electron chi connectivity index (χ3n) is 2.70. The highest BCUT2D eigenvalue weighted by molar-refractivity contribution is 5.36. The lowest BCUT2D eigenvalue weighted by molar-refractivity contribution is -0.384. The monoisotopic (exact) mass is 252 g/mol. The molecule has 18 heavy (non-hydrogen) atoms. The first kappa shape index (κ1) is 14.4. The molecule has 0 spiro atoms. The first-order valence-electron chi connectivity index (χ1n) is 6.25. The molecule has 0 amide bonds. The fraction of sp³-hybridized carbons (Fsp3) is 0.538. The van der Waals surface area contributed by atoms with Crippen molar-refractivity contribution < 1.29 is 9.66 Å². The summed E-state index contributed by atoms with van der Waals surface area (Å²) in [6.07, 6.45) is 1.21. The summed E-state index contributed by atoms with van der Waals surface area (Å²) in [7, 11) is 2.05. The van der Waals surface area contributed by atoms with Crippen LogP contribution in [0.2, 0.25) is 0 Å². The average Bonchev–Trinajstić information content (AvgIpc) is 2.78. The summed E-state index contributed by atoms with van der Waals surface area (Å²) in [4.78, 5) is 12.3. The van der Waals surface area contributed by atoms with Crippen LogP contribution in [0.25, 0.3) is 0 Å². The van der Waals surface area contributed by atoms with Gasteiger partial charge in [0.25, 0.3) is 5.69 Å². The Bertz CT molecular complexity index is 378. The van der Waals surface area contributed by atoms with Crippen LogP contribution in [0.3, 0.4) is 0 Å². The zero-order valence-corrected chi connectivity index (χ0v) is 11.1. The van der Waals surface area contributed by atoms with Crippen LogP contribution >= 0.6 is 0 Å². The van der Waals surface area contributed by atoms with E-state index in [0.29, 0.717) is 5.75 Å². The van der Waals surface area contributed by atoms with Gasteiger partial charge in [0.15, 0.2) is 0 Å². The van der Waals surface area contributed by atoms with E-state index in [1.165, 1.54) is 12.1 Å². The van der Waals surface area contributed by atoms with Crippen molar-refractivity contribution in [1.29, 1.82) is 0 Å². The number of non-ortho nitro benzene ring substituents is 1. The first-order chi connectivity index (χ1) is 8.65. The van der Waals surface area contributed by atoms with E-state index in [1.807, 2.05) is 13.8 Å². The van der Waals surface area contributed by atoms with Crippen LogP contribution in [-0.4, -0.2) is 36.1 Å². The van der Waals surface area contributed by atoms with Gasteiger partial charge in [-0.1, -0.05) is 13.8 Å². The quantitative estimate of drug-likeness (QED) is 0.613. The second-order valence-electron chi connectivity index (χ2n) is 4.04. The minimum atomic E-state index is -0.410. The van der Waals surface area contributed by atoms with E-state index in [-0.39, 0.29) is 11.8 Å². The number of likely N-dealkylation sites (tertiary alicyclic amines) is 1.